The van der Waals surface area contributed by atoms with Crippen molar-refractivity contribution < 1.29 is 4.42 Å². The van der Waals surface area contributed by atoms with Crippen LogP contribution in [0.2, 0.25) is 0 Å². The summed E-state index contributed by atoms with van der Waals surface area (Å²) in [5.41, 5.74) is 5.01. The molecule has 1 aromatic carbocycles. The van der Waals surface area contributed by atoms with E-state index >= 15 is 0 Å². The van der Waals surface area contributed by atoms with Gasteiger partial charge in [-0.15, -0.1) is 0 Å². The summed E-state index contributed by atoms with van der Waals surface area (Å²) in [6.45, 7) is 0. The molecule has 2 aliphatic rings. The SMILES string of the molecule is BrC1=CC=C(c2ccc3oc4c(c3c2)C=CCC4)CC1. The number of hydrogen-bond donors (Lipinski definition) is 0. The van der Waals surface area contributed by atoms with Crippen molar-refractivity contribution in [3.05, 3.63) is 57.8 Å². The molecule has 1 heterocycles. The summed E-state index contributed by atoms with van der Waals surface area (Å²) in [6, 6.07) is 6.58. The van der Waals surface area contributed by atoms with Gasteiger partial charge in [-0.3, -0.25) is 0 Å². The van der Waals surface area contributed by atoms with Crippen LogP contribution in [0.15, 0.2) is 45.3 Å². The van der Waals surface area contributed by atoms with Crippen molar-refractivity contribution in [1.29, 1.82) is 0 Å². The van der Waals surface area contributed by atoms with Gasteiger partial charge in [0.15, 0.2) is 0 Å². The van der Waals surface area contributed by atoms with Gasteiger partial charge in [-0.1, -0.05) is 46.3 Å². The number of benzene rings is 1. The van der Waals surface area contributed by atoms with Crippen LogP contribution >= 0.6 is 15.9 Å². The molecule has 0 saturated heterocycles. The summed E-state index contributed by atoms with van der Waals surface area (Å²) >= 11 is 3.56. The van der Waals surface area contributed by atoms with E-state index in [-0.39, 0.29) is 0 Å². The maximum atomic E-state index is 5.96. The van der Waals surface area contributed by atoms with Crippen molar-refractivity contribution in [3.63, 3.8) is 0 Å². The predicted octanol–water partition coefficient (Wildman–Crippen LogP) is 5.85. The number of furan rings is 1. The molecule has 0 bridgehead atoms. The molecule has 0 fully saturated rings. The molecule has 1 aromatic heterocycles. The molecule has 2 heteroatoms. The first-order valence-corrected chi connectivity index (χ1v) is 7.88. The van der Waals surface area contributed by atoms with E-state index in [4.69, 9.17) is 4.42 Å². The number of halogens is 1. The summed E-state index contributed by atoms with van der Waals surface area (Å²) in [4.78, 5) is 0. The quantitative estimate of drug-likeness (QED) is 0.640. The number of aryl methyl sites for hydroxylation is 1. The van der Waals surface area contributed by atoms with E-state index in [2.05, 4.69) is 58.4 Å². The molecule has 0 atom stereocenters. The van der Waals surface area contributed by atoms with Gasteiger partial charge in [-0.2, -0.15) is 0 Å². The fourth-order valence-corrected chi connectivity index (χ4v) is 3.33. The molecule has 0 radical (unpaired) electrons. The number of fused-ring (bicyclic) bond motifs is 3. The van der Waals surface area contributed by atoms with Gasteiger partial charge in [0.2, 0.25) is 0 Å². The molecule has 2 aliphatic carbocycles. The van der Waals surface area contributed by atoms with E-state index in [1.165, 1.54) is 26.6 Å². The second-order valence-electron chi connectivity index (χ2n) is 5.40. The number of allylic oxidation sites excluding steroid dienone is 5. The standard InChI is InChI=1S/C18H15BrO/c19-14-8-5-12(6-9-14)13-7-10-18-16(11-13)15-3-1-2-4-17(15)20-18/h1,3,5,7-8,10-11H,2,4,6,9H2. The summed E-state index contributed by atoms with van der Waals surface area (Å²) in [6.07, 6.45) is 13.1. The normalized spacial score (nSPS) is 17.9. The Balaban J connectivity index is 1.85. The van der Waals surface area contributed by atoms with Gasteiger partial charge in [-0.05, 0) is 47.0 Å². The lowest BCUT2D eigenvalue weighted by Gasteiger charge is -2.11. The van der Waals surface area contributed by atoms with Gasteiger partial charge in [0.1, 0.15) is 11.3 Å². The van der Waals surface area contributed by atoms with E-state index < -0.39 is 0 Å². The molecule has 100 valence electrons. The molecule has 0 spiro atoms. The zero-order valence-corrected chi connectivity index (χ0v) is 12.7. The molecule has 4 rings (SSSR count). The monoisotopic (exact) mass is 326 g/mol. The van der Waals surface area contributed by atoms with Crippen LogP contribution in [0.3, 0.4) is 0 Å². The minimum Gasteiger partial charge on any atom is -0.460 e. The molecule has 0 unspecified atom stereocenters. The fourth-order valence-electron chi connectivity index (χ4n) is 3.00. The third-order valence-corrected chi connectivity index (χ3v) is 4.76. The van der Waals surface area contributed by atoms with Crippen molar-refractivity contribution in [3.8, 4) is 0 Å². The fraction of sp³-hybridized carbons (Fsp3) is 0.222. The zero-order chi connectivity index (χ0) is 13.5. The molecule has 0 saturated carbocycles. The number of hydrogen-bond acceptors (Lipinski definition) is 1. The maximum Gasteiger partial charge on any atom is 0.134 e. The largest absolute Gasteiger partial charge is 0.460 e. The third kappa shape index (κ3) is 1.99. The molecular formula is C18H15BrO. The minimum atomic E-state index is 1.01. The second kappa shape index (κ2) is 4.78. The highest BCUT2D eigenvalue weighted by molar-refractivity contribution is 9.11. The molecular weight excluding hydrogens is 312 g/mol. The summed E-state index contributed by atoms with van der Waals surface area (Å²) < 4.78 is 7.24. The van der Waals surface area contributed by atoms with Gasteiger partial charge < -0.3 is 4.42 Å². The highest BCUT2D eigenvalue weighted by Crippen LogP contribution is 2.35. The van der Waals surface area contributed by atoms with Gasteiger partial charge in [0.25, 0.3) is 0 Å². The van der Waals surface area contributed by atoms with Gasteiger partial charge in [0.05, 0.1) is 0 Å². The van der Waals surface area contributed by atoms with E-state index in [9.17, 15) is 0 Å². The predicted molar refractivity (Wildman–Crippen MR) is 87.8 cm³/mol. The maximum absolute atomic E-state index is 5.96. The van der Waals surface area contributed by atoms with Crippen LogP contribution in [0.4, 0.5) is 0 Å². The highest BCUT2D eigenvalue weighted by Gasteiger charge is 2.15. The number of rotatable bonds is 1. The Bertz CT molecular complexity index is 774. The molecule has 2 aromatic rings. The van der Waals surface area contributed by atoms with Crippen LogP contribution in [0, 0.1) is 0 Å². The molecule has 0 amide bonds. The average molecular weight is 327 g/mol. The first kappa shape index (κ1) is 12.2. The topological polar surface area (TPSA) is 13.1 Å². The van der Waals surface area contributed by atoms with Crippen LogP contribution in [0.5, 0.6) is 0 Å². The van der Waals surface area contributed by atoms with Crippen molar-refractivity contribution in [1.82, 2.24) is 0 Å². The zero-order valence-electron chi connectivity index (χ0n) is 11.2. The van der Waals surface area contributed by atoms with E-state index in [0.717, 1.165) is 37.0 Å². The first-order valence-electron chi connectivity index (χ1n) is 7.09. The van der Waals surface area contributed by atoms with Crippen molar-refractivity contribution in [2.75, 3.05) is 0 Å². The lowest BCUT2D eigenvalue weighted by atomic mass is 9.95. The van der Waals surface area contributed by atoms with Gasteiger partial charge >= 0.3 is 0 Å². The molecule has 1 nitrogen and oxygen atoms in total. The van der Waals surface area contributed by atoms with Crippen LogP contribution < -0.4 is 0 Å². The average Bonchev–Trinajstić information content (AvgIpc) is 2.86. The van der Waals surface area contributed by atoms with Gasteiger partial charge in [0, 0.05) is 17.4 Å². The molecule has 0 N–H and O–H groups in total. The molecule has 0 aliphatic heterocycles. The Morgan fingerprint density at radius 3 is 2.85 bits per heavy atom. The van der Waals surface area contributed by atoms with Crippen LogP contribution in [-0.4, -0.2) is 0 Å². The lowest BCUT2D eigenvalue weighted by molar-refractivity contribution is 0.546. The Hall–Kier alpha value is -1.54. The van der Waals surface area contributed by atoms with Crippen LogP contribution in [0.25, 0.3) is 22.6 Å². The van der Waals surface area contributed by atoms with Crippen molar-refractivity contribution >= 4 is 38.5 Å². The van der Waals surface area contributed by atoms with Crippen LogP contribution in [0.1, 0.15) is 36.1 Å². The molecule has 20 heavy (non-hydrogen) atoms. The Morgan fingerprint density at radius 2 is 2.00 bits per heavy atom. The highest BCUT2D eigenvalue weighted by atomic mass is 79.9. The minimum absolute atomic E-state index is 1.01. The van der Waals surface area contributed by atoms with E-state index in [1.807, 2.05) is 0 Å². The summed E-state index contributed by atoms with van der Waals surface area (Å²) in [7, 11) is 0. The van der Waals surface area contributed by atoms with Crippen LogP contribution in [-0.2, 0) is 6.42 Å². The van der Waals surface area contributed by atoms with Gasteiger partial charge in [-0.25, -0.2) is 0 Å². The van der Waals surface area contributed by atoms with Crippen molar-refractivity contribution in [2.24, 2.45) is 0 Å². The second-order valence-corrected chi connectivity index (χ2v) is 6.41. The Labute approximate surface area is 126 Å². The third-order valence-electron chi connectivity index (χ3n) is 4.10. The summed E-state index contributed by atoms with van der Waals surface area (Å²) in [5, 5.41) is 1.25. The first-order chi connectivity index (χ1) is 9.81. The smallest absolute Gasteiger partial charge is 0.134 e. The summed E-state index contributed by atoms with van der Waals surface area (Å²) in [5.74, 6) is 1.14. The Kier molecular flexibility index (Phi) is 2.92. The van der Waals surface area contributed by atoms with Crippen molar-refractivity contribution in [2.45, 2.75) is 25.7 Å². The Morgan fingerprint density at radius 1 is 1.05 bits per heavy atom. The van der Waals surface area contributed by atoms with E-state index in [0.29, 0.717) is 0 Å². The van der Waals surface area contributed by atoms with E-state index in [1.54, 1.807) is 0 Å². The lowest BCUT2D eigenvalue weighted by Crippen LogP contribution is -1.91.